The van der Waals surface area contributed by atoms with E-state index < -0.39 is 0 Å². The van der Waals surface area contributed by atoms with Crippen molar-refractivity contribution in [2.45, 2.75) is 39.5 Å². The van der Waals surface area contributed by atoms with E-state index in [2.05, 4.69) is 20.0 Å². The van der Waals surface area contributed by atoms with Crippen LogP contribution in [0.4, 0.5) is 0 Å². The Kier molecular flexibility index (Phi) is 7.89. The number of hydrogen-bond acceptors (Lipinski definition) is 8. The Hall–Kier alpha value is -4.40. The quantitative estimate of drug-likeness (QED) is 0.394. The summed E-state index contributed by atoms with van der Waals surface area (Å²) < 4.78 is 0. The molecule has 0 saturated heterocycles. The van der Waals surface area contributed by atoms with E-state index in [0.29, 0.717) is 35.7 Å². The van der Waals surface area contributed by atoms with Crippen molar-refractivity contribution in [1.29, 1.82) is 21.0 Å². The van der Waals surface area contributed by atoms with Gasteiger partial charge >= 0.3 is 0 Å². The smallest absolute Gasteiger partial charge is 0.173 e. The molecule has 0 spiro atoms. The molecule has 2 rings (SSSR count). The van der Waals surface area contributed by atoms with Gasteiger partial charge in [0, 0.05) is 0 Å². The fourth-order valence-electron chi connectivity index (χ4n) is 3.14. The second kappa shape index (κ2) is 10.8. The van der Waals surface area contributed by atoms with Crippen LogP contribution in [-0.4, -0.2) is 22.8 Å². The van der Waals surface area contributed by atoms with Crippen molar-refractivity contribution in [2.75, 3.05) is 0 Å². The van der Waals surface area contributed by atoms with Crippen LogP contribution in [0.3, 0.4) is 0 Å². The molecule has 0 radical (unpaired) electrons. The lowest BCUT2D eigenvalue weighted by molar-refractivity contribution is 0.745. The highest BCUT2D eigenvalue weighted by Gasteiger charge is 2.17. The van der Waals surface area contributed by atoms with Crippen LogP contribution in [0.15, 0.2) is 66.6 Å². The topological polar surface area (TPSA) is 145 Å². The number of aliphatic imine (C=N–C) groups is 4. The van der Waals surface area contributed by atoms with E-state index >= 15 is 0 Å². The Morgan fingerprint density at radius 2 is 0.900 bits per heavy atom. The molecule has 8 nitrogen and oxygen atoms in total. The maximum absolute atomic E-state index is 8.94. The largest absolute Gasteiger partial charge is 0.206 e. The lowest BCUT2D eigenvalue weighted by Crippen LogP contribution is -2.13. The van der Waals surface area contributed by atoms with Crippen LogP contribution >= 0.6 is 0 Å². The van der Waals surface area contributed by atoms with Crippen molar-refractivity contribution in [3.05, 3.63) is 46.6 Å². The summed E-state index contributed by atoms with van der Waals surface area (Å²) in [6, 6.07) is 0. The van der Waals surface area contributed by atoms with Gasteiger partial charge in [-0.2, -0.15) is 41.0 Å². The monoisotopic (exact) mass is 394 g/mol. The maximum Gasteiger partial charge on any atom is 0.206 e. The van der Waals surface area contributed by atoms with E-state index in [1.807, 2.05) is 26.2 Å². The minimum Gasteiger partial charge on any atom is -0.173 e. The van der Waals surface area contributed by atoms with Gasteiger partial charge in [-0.05, 0) is 86.1 Å². The summed E-state index contributed by atoms with van der Waals surface area (Å²) in [6.45, 7) is 3.63. The van der Waals surface area contributed by atoms with Crippen LogP contribution in [0.5, 0.6) is 0 Å². The van der Waals surface area contributed by atoms with Crippen LogP contribution in [0, 0.1) is 45.8 Å². The zero-order chi connectivity index (χ0) is 21.9. The first-order chi connectivity index (χ1) is 14.5. The van der Waals surface area contributed by atoms with Crippen LogP contribution in [0.25, 0.3) is 0 Å². The van der Waals surface area contributed by atoms with Crippen molar-refractivity contribution < 1.29 is 0 Å². The van der Waals surface area contributed by atoms with Gasteiger partial charge in [0.05, 0.1) is 22.8 Å². The minimum absolute atomic E-state index is 0.570. The molecule has 0 amide bonds. The third kappa shape index (κ3) is 5.55. The summed E-state index contributed by atoms with van der Waals surface area (Å²) in [4.78, 5) is 15.4. The normalized spacial score (nSPS) is 21.1. The predicted octanol–water partition coefficient (Wildman–Crippen LogP) is 4.01. The maximum atomic E-state index is 8.94. The predicted molar refractivity (Wildman–Crippen MR) is 114 cm³/mol. The summed E-state index contributed by atoms with van der Waals surface area (Å²) in [5, 5.41) is 35.6. The van der Waals surface area contributed by atoms with Gasteiger partial charge in [-0.15, -0.1) is 0 Å². The van der Waals surface area contributed by atoms with Crippen molar-refractivity contribution in [2.24, 2.45) is 20.0 Å². The molecule has 0 aromatic heterocycles. The first-order valence-electron chi connectivity index (χ1n) is 9.20. The lowest BCUT2D eigenvalue weighted by Gasteiger charge is -2.16. The van der Waals surface area contributed by atoms with Gasteiger partial charge in [-0.25, -0.2) is 0 Å². The van der Waals surface area contributed by atoms with Crippen LogP contribution in [0.1, 0.15) is 39.5 Å². The van der Waals surface area contributed by atoms with Crippen LogP contribution in [-0.2, 0) is 0 Å². The van der Waals surface area contributed by atoms with Crippen molar-refractivity contribution in [1.82, 2.24) is 0 Å². The van der Waals surface area contributed by atoms with Gasteiger partial charge < -0.3 is 0 Å². The van der Waals surface area contributed by atoms with Gasteiger partial charge in [-0.1, -0.05) is 0 Å². The Bertz CT molecular complexity index is 1050. The van der Waals surface area contributed by atoms with E-state index in [1.54, 1.807) is 36.7 Å². The van der Waals surface area contributed by atoms with Gasteiger partial charge in [0.1, 0.15) is 0 Å². The molecular formula is C22H18N8. The van der Waals surface area contributed by atoms with Gasteiger partial charge in [0.2, 0.25) is 24.8 Å². The Morgan fingerprint density at radius 1 is 0.567 bits per heavy atom. The fourth-order valence-corrected chi connectivity index (χ4v) is 3.14. The number of nitriles is 4. The molecule has 0 bridgehead atoms. The van der Waals surface area contributed by atoms with Gasteiger partial charge in [-0.3, -0.25) is 0 Å². The molecule has 0 saturated carbocycles. The number of rotatable bonds is 5. The zero-order valence-electron chi connectivity index (χ0n) is 16.7. The molecule has 0 aromatic carbocycles. The molecule has 0 heterocycles. The zero-order valence-corrected chi connectivity index (χ0v) is 16.7. The Balaban J connectivity index is 2.11. The number of nitrogens with zero attached hydrogens (tertiary/aromatic N) is 8. The molecule has 2 aliphatic rings. The Morgan fingerprint density at radius 3 is 1.23 bits per heavy atom. The second-order valence-corrected chi connectivity index (χ2v) is 6.59. The van der Waals surface area contributed by atoms with Crippen LogP contribution in [0.2, 0.25) is 0 Å². The van der Waals surface area contributed by atoms with E-state index in [1.165, 1.54) is 0 Å². The average molecular weight is 394 g/mol. The Labute approximate surface area is 175 Å². The van der Waals surface area contributed by atoms with Gasteiger partial charge in [0.25, 0.3) is 0 Å². The molecule has 0 N–H and O–H groups in total. The number of allylic oxidation sites excluding steroid dienone is 8. The molecule has 146 valence electrons. The van der Waals surface area contributed by atoms with E-state index in [0.717, 1.165) is 35.1 Å². The summed E-state index contributed by atoms with van der Waals surface area (Å²) >= 11 is 0. The average Bonchev–Trinajstić information content (AvgIpc) is 2.71. The summed E-state index contributed by atoms with van der Waals surface area (Å²) in [5.74, 6) is 0. The molecule has 0 fully saturated rings. The van der Waals surface area contributed by atoms with Crippen molar-refractivity contribution in [3.63, 3.8) is 0 Å². The molecule has 0 atom stereocenters. The number of unbranched alkanes of at least 4 members (excludes halogenated alkanes) is 1. The molecule has 8 heteroatoms. The van der Waals surface area contributed by atoms with Crippen LogP contribution < -0.4 is 0 Å². The summed E-state index contributed by atoms with van der Waals surface area (Å²) in [5.41, 5.74) is 5.57. The van der Waals surface area contributed by atoms with Crippen molar-refractivity contribution in [3.8, 4) is 24.8 Å². The molecule has 30 heavy (non-hydrogen) atoms. The second-order valence-electron chi connectivity index (χ2n) is 6.59. The first kappa shape index (κ1) is 21.9. The third-order valence-corrected chi connectivity index (χ3v) is 4.62. The third-order valence-electron chi connectivity index (χ3n) is 4.62. The first-order valence-corrected chi connectivity index (χ1v) is 9.20. The fraction of sp³-hybridized carbons (Fsp3) is 0.273. The van der Waals surface area contributed by atoms with E-state index in [4.69, 9.17) is 21.0 Å². The molecule has 0 unspecified atom stereocenters. The SMILES string of the molecule is CC1=CC(=NC#N)C(CCCCC2=CC(=NC#N)C(C)=CC2=NC#N)=CC1=NC#N. The summed E-state index contributed by atoms with van der Waals surface area (Å²) in [7, 11) is 0. The molecule has 0 aromatic rings. The highest BCUT2D eigenvalue weighted by molar-refractivity contribution is 6.24. The van der Waals surface area contributed by atoms with Crippen molar-refractivity contribution >= 4 is 22.8 Å². The minimum atomic E-state index is 0.570. The molecule has 0 aliphatic heterocycles. The number of hydrogen-bond donors (Lipinski definition) is 0. The lowest BCUT2D eigenvalue weighted by atomic mass is 9.90. The summed E-state index contributed by atoms with van der Waals surface area (Å²) in [6.07, 6.45) is 17.2. The highest BCUT2D eigenvalue weighted by atomic mass is 14.8. The highest BCUT2D eigenvalue weighted by Crippen LogP contribution is 2.23. The molecular weight excluding hydrogens is 376 g/mol. The van der Waals surface area contributed by atoms with Gasteiger partial charge in [0.15, 0.2) is 0 Å². The van der Waals surface area contributed by atoms with E-state index in [-0.39, 0.29) is 0 Å². The molecule has 2 aliphatic carbocycles. The van der Waals surface area contributed by atoms with E-state index in [9.17, 15) is 0 Å². The standard InChI is InChI=1S/C22H18N8/c1-15-7-21(29-13-25)17(9-19(15)27-11-23)5-3-4-6-18-10-20(28-12-24)16(2)8-22(18)30-14-26/h7-10H,3-6H2,1-2H3.